The SMILES string of the molecule is CC1CCCN1CCCCC(C)(C)C#N. The van der Waals surface area contributed by atoms with Crippen molar-refractivity contribution in [1.82, 2.24) is 4.90 Å². The molecule has 86 valence electrons. The van der Waals surface area contributed by atoms with Gasteiger partial charge in [0.2, 0.25) is 0 Å². The van der Waals surface area contributed by atoms with Crippen molar-refractivity contribution >= 4 is 0 Å². The quantitative estimate of drug-likeness (QED) is 0.649. The number of nitrogens with zero attached hydrogens (tertiary/aromatic N) is 2. The molecule has 1 rings (SSSR count). The Bertz CT molecular complexity index is 227. The van der Waals surface area contributed by atoms with Gasteiger partial charge in [0.05, 0.1) is 11.5 Å². The summed E-state index contributed by atoms with van der Waals surface area (Å²) in [5.74, 6) is 0. The van der Waals surface area contributed by atoms with E-state index in [9.17, 15) is 0 Å². The Kier molecular flexibility index (Phi) is 4.60. The minimum atomic E-state index is -0.128. The summed E-state index contributed by atoms with van der Waals surface area (Å²) in [6.45, 7) is 8.90. The highest BCUT2D eigenvalue weighted by Crippen LogP contribution is 2.23. The van der Waals surface area contributed by atoms with E-state index in [0.717, 1.165) is 12.5 Å². The minimum absolute atomic E-state index is 0.128. The lowest BCUT2D eigenvalue weighted by Gasteiger charge is -2.21. The number of likely N-dealkylation sites (tertiary alicyclic amines) is 1. The average molecular weight is 208 g/mol. The van der Waals surface area contributed by atoms with E-state index in [4.69, 9.17) is 5.26 Å². The van der Waals surface area contributed by atoms with Crippen LogP contribution in [-0.2, 0) is 0 Å². The molecule has 1 aliphatic rings. The zero-order valence-electron chi connectivity index (χ0n) is 10.4. The van der Waals surface area contributed by atoms with Crippen LogP contribution in [0.1, 0.15) is 52.9 Å². The van der Waals surface area contributed by atoms with Crippen molar-refractivity contribution in [2.75, 3.05) is 13.1 Å². The van der Waals surface area contributed by atoms with Crippen molar-refractivity contribution in [1.29, 1.82) is 5.26 Å². The fraction of sp³-hybridized carbons (Fsp3) is 0.923. The second-order valence-electron chi connectivity index (χ2n) is 5.48. The maximum Gasteiger partial charge on any atom is 0.0683 e. The molecule has 15 heavy (non-hydrogen) atoms. The van der Waals surface area contributed by atoms with Crippen LogP contribution in [0.3, 0.4) is 0 Å². The molecule has 0 bridgehead atoms. The largest absolute Gasteiger partial charge is 0.301 e. The van der Waals surface area contributed by atoms with Crippen molar-refractivity contribution in [3.05, 3.63) is 0 Å². The number of rotatable bonds is 5. The van der Waals surface area contributed by atoms with Gasteiger partial charge in [0, 0.05) is 6.04 Å². The second-order valence-corrected chi connectivity index (χ2v) is 5.48. The summed E-state index contributed by atoms with van der Waals surface area (Å²) in [6, 6.07) is 3.15. The van der Waals surface area contributed by atoms with Gasteiger partial charge in [-0.3, -0.25) is 0 Å². The second kappa shape index (κ2) is 5.51. The van der Waals surface area contributed by atoms with E-state index >= 15 is 0 Å². The van der Waals surface area contributed by atoms with E-state index in [1.165, 1.54) is 38.8 Å². The van der Waals surface area contributed by atoms with Gasteiger partial charge in [0.25, 0.3) is 0 Å². The van der Waals surface area contributed by atoms with Gasteiger partial charge in [-0.25, -0.2) is 0 Å². The van der Waals surface area contributed by atoms with Crippen LogP contribution < -0.4 is 0 Å². The fourth-order valence-electron chi connectivity index (χ4n) is 2.26. The molecule has 2 nitrogen and oxygen atoms in total. The molecule has 0 amide bonds. The molecule has 0 aliphatic carbocycles. The van der Waals surface area contributed by atoms with Gasteiger partial charge >= 0.3 is 0 Å². The van der Waals surface area contributed by atoms with Gasteiger partial charge in [-0.05, 0) is 59.5 Å². The molecule has 0 saturated carbocycles. The van der Waals surface area contributed by atoms with Gasteiger partial charge in [-0.1, -0.05) is 6.42 Å². The van der Waals surface area contributed by atoms with E-state index in [1.807, 2.05) is 13.8 Å². The molecule has 1 aliphatic heterocycles. The predicted octanol–water partition coefficient (Wildman–Crippen LogP) is 3.19. The first-order chi connectivity index (χ1) is 7.05. The monoisotopic (exact) mass is 208 g/mol. The van der Waals surface area contributed by atoms with Gasteiger partial charge in [0.1, 0.15) is 0 Å². The summed E-state index contributed by atoms with van der Waals surface area (Å²) in [6.07, 6.45) is 6.19. The Morgan fingerprint density at radius 2 is 2.13 bits per heavy atom. The third kappa shape index (κ3) is 4.22. The van der Waals surface area contributed by atoms with Crippen LogP contribution in [0.5, 0.6) is 0 Å². The Balaban J connectivity index is 2.09. The minimum Gasteiger partial charge on any atom is -0.301 e. The molecule has 1 saturated heterocycles. The van der Waals surface area contributed by atoms with E-state index in [0.29, 0.717) is 0 Å². The highest BCUT2D eigenvalue weighted by atomic mass is 15.2. The molecule has 1 heterocycles. The molecule has 1 unspecified atom stereocenters. The molecule has 0 aromatic carbocycles. The lowest BCUT2D eigenvalue weighted by Crippen LogP contribution is -2.27. The third-order valence-corrected chi connectivity index (χ3v) is 3.49. The van der Waals surface area contributed by atoms with Gasteiger partial charge in [0.15, 0.2) is 0 Å². The van der Waals surface area contributed by atoms with Crippen molar-refractivity contribution in [2.45, 2.75) is 58.9 Å². The molecule has 0 aromatic rings. The zero-order chi connectivity index (χ0) is 11.3. The number of unbranched alkanes of at least 4 members (excludes halogenated alkanes) is 1. The summed E-state index contributed by atoms with van der Waals surface area (Å²) in [5, 5.41) is 8.89. The predicted molar refractivity (Wildman–Crippen MR) is 63.5 cm³/mol. The van der Waals surface area contributed by atoms with E-state index in [-0.39, 0.29) is 5.41 Å². The fourth-order valence-corrected chi connectivity index (χ4v) is 2.26. The van der Waals surface area contributed by atoms with Crippen molar-refractivity contribution < 1.29 is 0 Å². The molecular weight excluding hydrogens is 184 g/mol. The summed E-state index contributed by atoms with van der Waals surface area (Å²) < 4.78 is 0. The summed E-state index contributed by atoms with van der Waals surface area (Å²) >= 11 is 0. The maximum atomic E-state index is 8.89. The first kappa shape index (κ1) is 12.5. The smallest absolute Gasteiger partial charge is 0.0683 e. The van der Waals surface area contributed by atoms with Gasteiger partial charge < -0.3 is 4.90 Å². The maximum absolute atomic E-state index is 8.89. The highest BCUT2D eigenvalue weighted by Gasteiger charge is 2.20. The highest BCUT2D eigenvalue weighted by molar-refractivity contribution is 4.91. The van der Waals surface area contributed by atoms with Gasteiger partial charge in [-0.15, -0.1) is 0 Å². The van der Waals surface area contributed by atoms with E-state index < -0.39 is 0 Å². The summed E-state index contributed by atoms with van der Waals surface area (Å²) in [7, 11) is 0. The van der Waals surface area contributed by atoms with Crippen molar-refractivity contribution in [2.24, 2.45) is 5.41 Å². The molecule has 1 atom stereocenters. The Labute approximate surface area is 94.3 Å². The molecule has 0 N–H and O–H groups in total. The number of hydrogen-bond donors (Lipinski definition) is 0. The molecule has 0 radical (unpaired) electrons. The molecule has 1 fully saturated rings. The zero-order valence-corrected chi connectivity index (χ0v) is 10.4. The number of nitriles is 1. The van der Waals surface area contributed by atoms with Crippen LogP contribution >= 0.6 is 0 Å². The van der Waals surface area contributed by atoms with Gasteiger partial charge in [-0.2, -0.15) is 5.26 Å². The lowest BCUT2D eigenvalue weighted by atomic mass is 9.89. The van der Waals surface area contributed by atoms with Crippen LogP contribution in [0.15, 0.2) is 0 Å². The molecular formula is C13H24N2. The van der Waals surface area contributed by atoms with Crippen LogP contribution in [0.25, 0.3) is 0 Å². The van der Waals surface area contributed by atoms with Crippen molar-refractivity contribution in [3.63, 3.8) is 0 Å². The van der Waals surface area contributed by atoms with Crippen LogP contribution in [0, 0.1) is 16.7 Å². The first-order valence-corrected chi connectivity index (χ1v) is 6.20. The Morgan fingerprint density at radius 3 is 2.67 bits per heavy atom. The van der Waals surface area contributed by atoms with E-state index in [2.05, 4.69) is 17.9 Å². The molecule has 2 heteroatoms. The Hall–Kier alpha value is -0.550. The first-order valence-electron chi connectivity index (χ1n) is 6.20. The van der Waals surface area contributed by atoms with Crippen LogP contribution in [0.4, 0.5) is 0 Å². The molecule has 0 aromatic heterocycles. The van der Waals surface area contributed by atoms with Crippen LogP contribution in [-0.4, -0.2) is 24.0 Å². The number of hydrogen-bond acceptors (Lipinski definition) is 2. The van der Waals surface area contributed by atoms with Crippen molar-refractivity contribution in [3.8, 4) is 6.07 Å². The van der Waals surface area contributed by atoms with Crippen LogP contribution in [0.2, 0.25) is 0 Å². The topological polar surface area (TPSA) is 27.0 Å². The normalized spacial score (nSPS) is 22.9. The molecule has 0 spiro atoms. The standard InChI is InChI=1S/C13H24N2/c1-12-7-6-10-15(12)9-5-4-8-13(2,3)11-14/h12H,4-10H2,1-3H3. The summed E-state index contributed by atoms with van der Waals surface area (Å²) in [4.78, 5) is 2.58. The third-order valence-electron chi connectivity index (χ3n) is 3.49. The lowest BCUT2D eigenvalue weighted by molar-refractivity contribution is 0.257. The average Bonchev–Trinajstić information content (AvgIpc) is 2.59. The van der Waals surface area contributed by atoms with E-state index in [1.54, 1.807) is 0 Å². The summed E-state index contributed by atoms with van der Waals surface area (Å²) in [5.41, 5.74) is -0.128. The Morgan fingerprint density at radius 1 is 1.40 bits per heavy atom.